The minimum absolute atomic E-state index is 0.378. The van der Waals surface area contributed by atoms with E-state index in [1.807, 2.05) is 20.8 Å². The highest BCUT2D eigenvalue weighted by atomic mass is 16.6. The molecule has 75 heavy (non-hydrogen) atoms. The van der Waals surface area contributed by atoms with Crippen molar-refractivity contribution in [3.8, 4) is 0 Å². The number of unbranched alkanes of at least 4 members (excludes halogenated alkanes) is 12. The minimum atomic E-state index is -0.401. The first-order valence-electron chi connectivity index (χ1n) is 28.5. The topological polar surface area (TPSA) is 158 Å². The van der Waals surface area contributed by atoms with Gasteiger partial charge in [-0.3, -0.25) is 0 Å². The standard InChI is InChI=1S/C26H42O4.C21H32O4.C16H22O4/c1-21(2)14-9-5-7-11-18-29-25(27)23-16-13-17-24(20-23)26(28)30-19-12-8-6-10-15-22(3)4;1-4-5-14-24-20(22)18-12-10-13-19(16-18)21(23)25-15-9-7-6-8-11-17(2)3;1-3-5-10-19-15(17)13-8-7-9-14(12-13)16(18)20-11-6-4-2/h13,16-17,20-22H,5-12,14-15,18-19H2,1-4H3;10,12-13,16-17H,4-9,11,14-15H2,1-3H3;7-9,12H,3-6,10-11H2,1-2H3. The molecule has 3 rings (SSSR count). The van der Waals surface area contributed by atoms with Gasteiger partial charge >= 0.3 is 35.8 Å². The fraction of sp³-hybridized carbons (Fsp3) is 0.619. The molecular weight excluding hydrogens is 949 g/mol. The number of ether oxygens (including phenoxy) is 6. The monoisotopic (exact) mass is 1040 g/mol. The summed E-state index contributed by atoms with van der Waals surface area (Å²) in [6.45, 7) is 22.0. The molecule has 0 N–H and O–H groups in total. The van der Waals surface area contributed by atoms with E-state index in [2.05, 4.69) is 41.5 Å². The summed E-state index contributed by atoms with van der Waals surface area (Å²) in [6, 6.07) is 19.6. The molecule has 0 aliphatic rings. The van der Waals surface area contributed by atoms with Crippen LogP contribution in [0.5, 0.6) is 0 Å². The van der Waals surface area contributed by atoms with E-state index in [4.69, 9.17) is 28.4 Å². The normalized spacial score (nSPS) is 10.7. The molecule has 0 bridgehead atoms. The van der Waals surface area contributed by atoms with Crippen LogP contribution >= 0.6 is 0 Å². The van der Waals surface area contributed by atoms with Gasteiger partial charge in [-0.15, -0.1) is 0 Å². The Morgan fingerprint density at radius 3 is 0.667 bits per heavy atom. The van der Waals surface area contributed by atoms with E-state index in [-0.39, 0.29) is 17.9 Å². The lowest BCUT2D eigenvalue weighted by atomic mass is 10.0. The van der Waals surface area contributed by atoms with E-state index < -0.39 is 17.9 Å². The summed E-state index contributed by atoms with van der Waals surface area (Å²) in [4.78, 5) is 72.0. The minimum Gasteiger partial charge on any atom is -0.462 e. The number of carbonyl (C=O) groups is 6. The highest BCUT2D eigenvalue weighted by Crippen LogP contribution is 2.16. The molecule has 0 atom stereocenters. The van der Waals surface area contributed by atoms with E-state index in [0.717, 1.165) is 94.8 Å². The molecule has 420 valence electrons. The van der Waals surface area contributed by atoms with Crippen LogP contribution in [0.2, 0.25) is 0 Å². The van der Waals surface area contributed by atoms with Gasteiger partial charge in [-0.1, -0.05) is 177 Å². The van der Waals surface area contributed by atoms with E-state index in [0.29, 0.717) is 73.0 Å². The second-order valence-electron chi connectivity index (χ2n) is 20.4. The second kappa shape index (κ2) is 43.7. The lowest BCUT2D eigenvalue weighted by molar-refractivity contribution is 0.0478. The van der Waals surface area contributed by atoms with Crippen LogP contribution in [0.1, 0.15) is 259 Å². The van der Waals surface area contributed by atoms with Gasteiger partial charge in [-0.05, 0) is 111 Å². The highest BCUT2D eigenvalue weighted by molar-refractivity contribution is 5.97. The fourth-order valence-electron chi connectivity index (χ4n) is 7.27. The number of hydrogen-bond donors (Lipinski definition) is 0. The van der Waals surface area contributed by atoms with Crippen molar-refractivity contribution in [3.05, 3.63) is 106 Å². The third-order valence-corrected chi connectivity index (χ3v) is 11.9. The molecule has 0 amide bonds. The second-order valence-corrected chi connectivity index (χ2v) is 20.4. The molecule has 0 unspecified atom stereocenters. The Labute approximate surface area is 452 Å². The molecular formula is C63H96O12. The number of benzene rings is 3. The molecule has 3 aromatic rings. The van der Waals surface area contributed by atoms with Gasteiger partial charge in [-0.25, -0.2) is 28.8 Å². The zero-order chi connectivity index (χ0) is 55.5. The lowest BCUT2D eigenvalue weighted by Gasteiger charge is -2.08. The molecule has 0 spiro atoms. The van der Waals surface area contributed by atoms with Gasteiger partial charge in [0, 0.05) is 0 Å². The van der Waals surface area contributed by atoms with Gasteiger partial charge in [-0.2, -0.15) is 0 Å². The van der Waals surface area contributed by atoms with Crippen molar-refractivity contribution >= 4 is 35.8 Å². The first-order valence-corrected chi connectivity index (χ1v) is 28.5. The van der Waals surface area contributed by atoms with Gasteiger partial charge in [0.15, 0.2) is 0 Å². The maximum atomic E-state index is 12.2. The Kier molecular flexibility index (Phi) is 39.3. The Morgan fingerprint density at radius 1 is 0.293 bits per heavy atom. The van der Waals surface area contributed by atoms with Crippen molar-refractivity contribution in [2.75, 3.05) is 39.6 Å². The summed E-state index contributed by atoms with van der Waals surface area (Å²) < 4.78 is 31.4. The molecule has 3 aromatic carbocycles. The van der Waals surface area contributed by atoms with Gasteiger partial charge < -0.3 is 28.4 Å². The number of carbonyl (C=O) groups excluding carboxylic acids is 6. The third kappa shape index (κ3) is 34.6. The summed E-state index contributed by atoms with van der Waals surface area (Å²) in [5, 5.41) is 0. The van der Waals surface area contributed by atoms with E-state index in [9.17, 15) is 28.8 Å². The van der Waals surface area contributed by atoms with E-state index in [1.165, 1.54) is 63.9 Å². The van der Waals surface area contributed by atoms with Crippen molar-refractivity contribution in [1.82, 2.24) is 0 Å². The number of rotatable bonds is 36. The lowest BCUT2D eigenvalue weighted by Crippen LogP contribution is -2.10. The average Bonchev–Trinajstić information content (AvgIpc) is 3.40. The highest BCUT2D eigenvalue weighted by Gasteiger charge is 2.15. The predicted molar refractivity (Wildman–Crippen MR) is 300 cm³/mol. The first-order chi connectivity index (χ1) is 36.1. The van der Waals surface area contributed by atoms with Crippen LogP contribution in [0.15, 0.2) is 72.8 Å². The fourth-order valence-corrected chi connectivity index (χ4v) is 7.27. The van der Waals surface area contributed by atoms with Crippen molar-refractivity contribution in [1.29, 1.82) is 0 Å². The number of esters is 6. The molecule has 0 saturated carbocycles. The molecule has 12 heteroatoms. The van der Waals surface area contributed by atoms with Crippen LogP contribution in [0.3, 0.4) is 0 Å². The summed E-state index contributed by atoms with van der Waals surface area (Å²) in [7, 11) is 0. The summed E-state index contributed by atoms with van der Waals surface area (Å²) in [6.07, 6.45) is 22.2. The van der Waals surface area contributed by atoms with Gasteiger partial charge in [0.1, 0.15) is 0 Å². The summed E-state index contributed by atoms with van der Waals surface area (Å²) in [5.41, 5.74) is 2.34. The molecule has 0 aliphatic carbocycles. The zero-order valence-corrected chi connectivity index (χ0v) is 47.7. The van der Waals surface area contributed by atoms with Gasteiger partial charge in [0.25, 0.3) is 0 Å². The molecule has 0 fully saturated rings. The largest absolute Gasteiger partial charge is 0.462 e. The quantitative estimate of drug-likeness (QED) is 0.0309. The molecule has 0 saturated heterocycles. The predicted octanol–water partition coefficient (Wildman–Crippen LogP) is 16.2. The zero-order valence-electron chi connectivity index (χ0n) is 47.7. The van der Waals surface area contributed by atoms with E-state index in [1.54, 1.807) is 66.7 Å². The first kappa shape index (κ1) is 67.5. The maximum Gasteiger partial charge on any atom is 0.338 e. The van der Waals surface area contributed by atoms with Crippen molar-refractivity contribution < 1.29 is 57.2 Å². The Morgan fingerprint density at radius 2 is 0.480 bits per heavy atom. The van der Waals surface area contributed by atoms with Gasteiger partial charge in [0.2, 0.25) is 0 Å². The van der Waals surface area contributed by atoms with Crippen LogP contribution in [0.4, 0.5) is 0 Å². The van der Waals surface area contributed by atoms with Crippen LogP contribution < -0.4 is 0 Å². The average molecular weight is 1050 g/mol. The third-order valence-electron chi connectivity index (χ3n) is 11.9. The summed E-state index contributed by atoms with van der Waals surface area (Å²) >= 11 is 0. The van der Waals surface area contributed by atoms with Crippen molar-refractivity contribution in [3.63, 3.8) is 0 Å². The van der Waals surface area contributed by atoms with Gasteiger partial charge in [0.05, 0.1) is 73.0 Å². The summed E-state index contributed by atoms with van der Waals surface area (Å²) in [5.74, 6) is -0.0947. The maximum absolute atomic E-state index is 12.2. The number of hydrogen-bond acceptors (Lipinski definition) is 12. The van der Waals surface area contributed by atoms with Crippen LogP contribution in [0.25, 0.3) is 0 Å². The van der Waals surface area contributed by atoms with Crippen molar-refractivity contribution in [2.45, 2.75) is 197 Å². The Hall–Kier alpha value is -5.52. The molecule has 0 aromatic heterocycles. The SMILES string of the molecule is CC(C)CCCCCCOC(=O)c1cccc(C(=O)OCCCCCCC(C)C)c1.CCCCOC(=O)c1cccc(C(=O)OCCCC)c1.CCCCOC(=O)c1cccc(C(=O)OCCCCCCC(C)C)c1. The van der Waals surface area contributed by atoms with Crippen LogP contribution in [-0.4, -0.2) is 75.5 Å². The van der Waals surface area contributed by atoms with Crippen molar-refractivity contribution in [2.24, 2.45) is 17.8 Å². The van der Waals surface area contributed by atoms with Crippen LogP contribution in [-0.2, 0) is 28.4 Å². The molecule has 12 nitrogen and oxygen atoms in total. The Balaban J connectivity index is 0.000000574. The molecule has 0 heterocycles. The molecule has 0 aliphatic heterocycles. The Bertz CT molecular complexity index is 1930. The van der Waals surface area contributed by atoms with E-state index >= 15 is 0 Å². The molecule has 0 radical (unpaired) electrons. The van der Waals surface area contributed by atoms with Crippen LogP contribution in [0, 0.1) is 17.8 Å². The smallest absolute Gasteiger partial charge is 0.338 e.